The fourth-order valence-electron chi connectivity index (χ4n) is 2.28. The van der Waals surface area contributed by atoms with Gasteiger partial charge >= 0.3 is 0 Å². The number of aliphatic hydroxyl groups excluding tert-OH is 1. The van der Waals surface area contributed by atoms with Gasteiger partial charge in [0.25, 0.3) is 0 Å². The van der Waals surface area contributed by atoms with E-state index in [1.54, 1.807) is 0 Å². The van der Waals surface area contributed by atoms with Crippen molar-refractivity contribution in [3.05, 3.63) is 48.0 Å². The zero-order valence-corrected chi connectivity index (χ0v) is 13.4. The summed E-state index contributed by atoms with van der Waals surface area (Å²) in [7, 11) is 0. The summed E-state index contributed by atoms with van der Waals surface area (Å²) >= 11 is 0. The Bertz CT molecular complexity index is 630. The number of ether oxygens (including phenoxy) is 1. The Balaban J connectivity index is 1.70. The Morgan fingerprint density at radius 3 is 2.78 bits per heavy atom. The van der Waals surface area contributed by atoms with E-state index < -0.39 is 6.10 Å². The zero-order chi connectivity index (χ0) is 16.5. The normalized spacial score (nSPS) is 12.3. The lowest BCUT2D eigenvalue weighted by molar-refractivity contribution is -0.120. The molecule has 0 heterocycles. The Morgan fingerprint density at radius 2 is 2.00 bits per heavy atom. The maximum absolute atomic E-state index is 11.7. The fraction of sp³-hybridized carbons (Fsp3) is 0.389. The molecule has 0 radical (unpaired) electrons. The average Bonchev–Trinajstić information content (AvgIpc) is 2.58. The minimum absolute atomic E-state index is 0.138. The Hall–Kier alpha value is -1.95. The predicted octanol–water partition coefficient (Wildman–Crippen LogP) is 1.44. The van der Waals surface area contributed by atoms with Crippen molar-refractivity contribution in [3.8, 4) is 0 Å². The highest BCUT2D eigenvalue weighted by Gasteiger charge is 2.06. The number of nitrogens with one attached hydrogen (secondary N) is 2. The summed E-state index contributed by atoms with van der Waals surface area (Å²) in [6.45, 7) is 3.70. The number of benzene rings is 2. The third-order valence-corrected chi connectivity index (χ3v) is 3.48. The Morgan fingerprint density at radius 1 is 1.22 bits per heavy atom. The van der Waals surface area contributed by atoms with Crippen molar-refractivity contribution in [2.24, 2.45) is 0 Å². The van der Waals surface area contributed by atoms with Crippen LogP contribution in [0, 0.1) is 0 Å². The van der Waals surface area contributed by atoms with Crippen LogP contribution in [0.4, 0.5) is 0 Å². The van der Waals surface area contributed by atoms with Crippen molar-refractivity contribution in [1.82, 2.24) is 10.6 Å². The van der Waals surface area contributed by atoms with Crippen LogP contribution < -0.4 is 10.6 Å². The van der Waals surface area contributed by atoms with Crippen molar-refractivity contribution in [3.63, 3.8) is 0 Å². The van der Waals surface area contributed by atoms with Gasteiger partial charge < -0.3 is 20.5 Å². The smallest absolute Gasteiger partial charge is 0.234 e. The molecule has 0 saturated carbocycles. The first-order valence-electron chi connectivity index (χ1n) is 7.90. The fourth-order valence-corrected chi connectivity index (χ4v) is 2.28. The largest absolute Gasteiger partial charge is 0.389 e. The van der Waals surface area contributed by atoms with Gasteiger partial charge in [-0.1, -0.05) is 36.4 Å². The van der Waals surface area contributed by atoms with Crippen LogP contribution in [0.1, 0.15) is 12.5 Å². The first-order chi connectivity index (χ1) is 11.2. The van der Waals surface area contributed by atoms with Gasteiger partial charge in [0.1, 0.15) is 0 Å². The average molecular weight is 316 g/mol. The second-order valence-electron chi connectivity index (χ2n) is 5.40. The van der Waals surface area contributed by atoms with Crippen LogP contribution in [0.2, 0.25) is 0 Å². The van der Waals surface area contributed by atoms with Gasteiger partial charge in [-0.25, -0.2) is 0 Å². The Labute approximate surface area is 136 Å². The van der Waals surface area contributed by atoms with Gasteiger partial charge in [0.05, 0.1) is 19.3 Å². The summed E-state index contributed by atoms with van der Waals surface area (Å²) in [4.78, 5) is 11.7. The number of hydrogen-bond acceptors (Lipinski definition) is 4. The molecule has 0 aliphatic carbocycles. The van der Waals surface area contributed by atoms with E-state index in [4.69, 9.17) is 4.74 Å². The van der Waals surface area contributed by atoms with E-state index in [1.165, 1.54) is 10.8 Å². The second kappa shape index (κ2) is 9.25. The van der Waals surface area contributed by atoms with Gasteiger partial charge in [-0.3, -0.25) is 4.79 Å². The van der Waals surface area contributed by atoms with Gasteiger partial charge in [-0.2, -0.15) is 0 Å². The van der Waals surface area contributed by atoms with Gasteiger partial charge in [-0.15, -0.1) is 0 Å². The summed E-state index contributed by atoms with van der Waals surface area (Å²) < 4.78 is 5.08. The van der Waals surface area contributed by atoms with Crippen molar-refractivity contribution >= 4 is 16.7 Å². The predicted molar refractivity (Wildman–Crippen MR) is 91.2 cm³/mol. The molecule has 0 fully saturated rings. The highest BCUT2D eigenvalue weighted by atomic mass is 16.5. The molecular weight excluding hydrogens is 292 g/mol. The molecular formula is C18H24N2O3. The number of fused-ring (bicyclic) bond motifs is 1. The second-order valence-corrected chi connectivity index (χ2v) is 5.40. The van der Waals surface area contributed by atoms with Gasteiger partial charge in [0, 0.05) is 19.7 Å². The molecule has 124 valence electrons. The monoisotopic (exact) mass is 316 g/mol. The van der Waals surface area contributed by atoms with E-state index in [2.05, 4.69) is 41.0 Å². The lowest BCUT2D eigenvalue weighted by atomic mass is 10.1. The van der Waals surface area contributed by atoms with Crippen LogP contribution in [0.5, 0.6) is 0 Å². The van der Waals surface area contributed by atoms with Crippen LogP contribution in [0.3, 0.4) is 0 Å². The minimum atomic E-state index is -0.667. The first kappa shape index (κ1) is 17.4. The zero-order valence-electron chi connectivity index (χ0n) is 13.4. The van der Waals surface area contributed by atoms with Crippen LogP contribution in [-0.4, -0.2) is 43.4 Å². The van der Waals surface area contributed by atoms with E-state index in [1.807, 2.05) is 19.1 Å². The maximum atomic E-state index is 11.7. The van der Waals surface area contributed by atoms with Gasteiger partial charge in [0.2, 0.25) is 5.91 Å². The molecule has 0 spiro atoms. The standard InChI is InChI=1S/C18H24N2O3/c1-2-23-13-17(21)11-20-18(22)12-19-10-14-7-8-15-5-3-4-6-16(15)9-14/h3-9,17,19,21H,2,10-13H2,1H3,(H,20,22). The van der Waals surface area contributed by atoms with Gasteiger partial charge in [-0.05, 0) is 29.3 Å². The molecule has 2 aromatic carbocycles. The maximum Gasteiger partial charge on any atom is 0.234 e. The van der Waals surface area contributed by atoms with E-state index >= 15 is 0 Å². The van der Waals surface area contributed by atoms with E-state index in [9.17, 15) is 9.90 Å². The first-order valence-corrected chi connectivity index (χ1v) is 7.90. The quantitative estimate of drug-likeness (QED) is 0.655. The lowest BCUT2D eigenvalue weighted by Gasteiger charge is -2.12. The highest BCUT2D eigenvalue weighted by molar-refractivity contribution is 5.83. The van der Waals surface area contributed by atoms with Crippen LogP contribution in [0.25, 0.3) is 10.8 Å². The molecule has 0 aliphatic heterocycles. The Kier molecular flexibility index (Phi) is 7.00. The summed E-state index contributed by atoms with van der Waals surface area (Å²) in [6, 6.07) is 14.4. The lowest BCUT2D eigenvalue weighted by Crippen LogP contribution is -2.39. The molecule has 1 amide bonds. The molecule has 2 aromatic rings. The summed E-state index contributed by atoms with van der Waals surface area (Å²) in [5, 5.41) is 17.8. The third-order valence-electron chi connectivity index (χ3n) is 3.48. The van der Waals surface area contributed by atoms with E-state index in [-0.39, 0.29) is 25.6 Å². The molecule has 5 nitrogen and oxygen atoms in total. The third kappa shape index (κ3) is 5.98. The molecule has 0 aliphatic rings. The SMILES string of the molecule is CCOCC(O)CNC(=O)CNCc1ccc2ccccc2c1. The molecule has 3 N–H and O–H groups in total. The number of carbonyl (C=O) groups is 1. The topological polar surface area (TPSA) is 70.6 Å². The van der Waals surface area contributed by atoms with Crippen LogP contribution in [-0.2, 0) is 16.1 Å². The summed E-state index contributed by atoms with van der Waals surface area (Å²) in [5.74, 6) is -0.138. The number of amides is 1. The molecule has 0 saturated heterocycles. The van der Waals surface area contributed by atoms with Crippen molar-refractivity contribution in [2.45, 2.75) is 19.6 Å². The van der Waals surface area contributed by atoms with Crippen molar-refractivity contribution in [2.75, 3.05) is 26.3 Å². The summed E-state index contributed by atoms with van der Waals surface area (Å²) in [5.41, 5.74) is 1.13. The molecule has 5 heteroatoms. The highest BCUT2D eigenvalue weighted by Crippen LogP contribution is 2.15. The molecule has 2 rings (SSSR count). The number of rotatable bonds is 9. The van der Waals surface area contributed by atoms with Crippen molar-refractivity contribution < 1.29 is 14.6 Å². The van der Waals surface area contributed by atoms with Crippen molar-refractivity contribution in [1.29, 1.82) is 0 Å². The number of hydrogen-bond donors (Lipinski definition) is 3. The van der Waals surface area contributed by atoms with Crippen LogP contribution in [0.15, 0.2) is 42.5 Å². The molecule has 0 aromatic heterocycles. The molecule has 23 heavy (non-hydrogen) atoms. The molecule has 1 atom stereocenters. The molecule has 1 unspecified atom stereocenters. The number of aliphatic hydroxyl groups is 1. The summed E-state index contributed by atoms with van der Waals surface area (Å²) in [6.07, 6.45) is -0.667. The van der Waals surface area contributed by atoms with E-state index in [0.717, 1.165) is 5.56 Å². The number of carbonyl (C=O) groups excluding carboxylic acids is 1. The van der Waals surface area contributed by atoms with E-state index in [0.29, 0.717) is 13.2 Å². The van der Waals surface area contributed by atoms with Crippen LogP contribution >= 0.6 is 0 Å². The minimum Gasteiger partial charge on any atom is -0.389 e. The molecule has 0 bridgehead atoms. The van der Waals surface area contributed by atoms with Gasteiger partial charge in [0.15, 0.2) is 0 Å².